The molecule has 0 amide bonds. The highest BCUT2D eigenvalue weighted by Crippen LogP contribution is 2.63. The number of phenolic OH excluding ortho intramolecular Hbond substituents is 4. The fourth-order valence-corrected chi connectivity index (χ4v) is 27.5. The van der Waals surface area contributed by atoms with E-state index in [9.17, 15) is 39.6 Å². The molecule has 0 radical (unpaired) electrons. The predicted octanol–water partition coefficient (Wildman–Crippen LogP) is 24.5. The van der Waals surface area contributed by atoms with Gasteiger partial charge < -0.3 is 48.8 Å². The predicted molar refractivity (Wildman–Crippen MR) is 473 cm³/mol. The average Bonchev–Trinajstić information content (AvgIpc) is 0.736. The zero-order valence-corrected chi connectivity index (χ0v) is 74.2. The van der Waals surface area contributed by atoms with Crippen LogP contribution in [0.3, 0.4) is 0 Å². The van der Waals surface area contributed by atoms with Gasteiger partial charge in [-0.2, -0.15) is 0 Å². The van der Waals surface area contributed by atoms with E-state index in [0.29, 0.717) is 64.8 Å². The van der Waals surface area contributed by atoms with Gasteiger partial charge in [0.2, 0.25) is 0 Å². The molecular weight excluding hydrogens is 1510 g/mol. The molecule has 0 saturated heterocycles. The fraction of sp³-hybridized carbons (Fsp3) is 0.626. The maximum atomic E-state index is 14.7. The minimum Gasteiger partial charge on any atom is -0.508 e. The normalized spacial score (nSPS) is 28.1. The molecule has 121 heavy (non-hydrogen) atoms. The quantitative estimate of drug-likeness (QED) is 0.0227. The summed E-state index contributed by atoms with van der Waals surface area (Å²) < 4.78 is 39.3. The molecule has 4 N–H and O–H groups in total. The molecule has 13 aliphatic rings. The average molecular weight is 1650 g/mol. The van der Waals surface area contributed by atoms with Crippen molar-refractivity contribution in [3.8, 4) is 34.5 Å². The highest BCUT2D eigenvalue weighted by atomic mass is 16.6. The van der Waals surface area contributed by atoms with Crippen molar-refractivity contribution >= 4 is 23.9 Å². The summed E-state index contributed by atoms with van der Waals surface area (Å²) in [5.41, 5.74) is 14.8. The van der Waals surface area contributed by atoms with Gasteiger partial charge in [0.15, 0.2) is 26.4 Å². The lowest BCUT2D eigenvalue weighted by Crippen LogP contribution is -2.58. The molecule has 14 heteroatoms. The minimum absolute atomic E-state index is 0.140. The molecule has 650 valence electrons. The molecule has 0 atom stereocenters. The topological polar surface area (TPSA) is 205 Å². The molecule has 14 nitrogen and oxygen atoms in total. The Bertz CT molecular complexity index is 4320. The summed E-state index contributed by atoms with van der Waals surface area (Å²) in [7, 11) is 0. The molecule has 0 heterocycles. The third-order valence-electron chi connectivity index (χ3n) is 33.6. The van der Waals surface area contributed by atoms with E-state index in [0.717, 1.165) is 318 Å². The van der Waals surface area contributed by atoms with Gasteiger partial charge >= 0.3 is 23.9 Å². The van der Waals surface area contributed by atoms with Crippen molar-refractivity contribution < 1.29 is 68.0 Å². The smallest absolute Gasteiger partial charge is 0.344 e. The highest BCUT2D eigenvalue weighted by molar-refractivity contribution is 5.79. The van der Waals surface area contributed by atoms with Gasteiger partial charge in [-0.15, -0.1) is 0 Å². The standard InChI is InChI=1S/C107H138O14/c1-10-23-68-32-34-107(35-33-68,81-36-66(6)103(118-58-97(112)116-60-99(114)120-105(8)77-44-69-42-70(46-77)47-78(105)45-69)91(52-81)101(83-54-87(93(108)38-62(83)2)73-24-15-11-16-25-73)84-55-88(94(109)39-63(84)3)74-26-17-12-18-27-74)82-37-67(7)104(119-59-98(113)117-61-100(115)121-106(9)79-48-71-43-72(50-79)51-80(106)49-71)92(53-82)102(85-56-89(95(110)40-64(85)4)75-28-19-13-20-29-75)86-57-90(96(111)41-65(86)5)76-30-21-14-22-31-76/h36-41,52-57,68-80,101-102,108-111H,10-35,42-51,58-61H2,1-9H3. The number of aromatic hydroxyl groups is 4. The molecule has 0 aliphatic heterocycles. The van der Waals surface area contributed by atoms with E-state index in [-0.39, 0.29) is 46.7 Å². The first-order valence-electron chi connectivity index (χ1n) is 48.0. The number of carbonyl (C=O) groups excluding carboxylic acids is 4. The van der Waals surface area contributed by atoms with E-state index in [1.165, 1.54) is 12.8 Å². The van der Waals surface area contributed by atoms with E-state index in [2.05, 4.69) is 111 Å². The summed E-state index contributed by atoms with van der Waals surface area (Å²) in [6.45, 7) is 17.1. The Balaban J connectivity index is 0.833. The molecule has 13 saturated carbocycles. The zero-order chi connectivity index (χ0) is 84.3. The number of esters is 4. The van der Waals surface area contributed by atoms with Crippen LogP contribution in [-0.4, -0.2) is 81.9 Å². The van der Waals surface area contributed by atoms with Crippen LogP contribution in [0.1, 0.15) is 388 Å². The SMILES string of the molecule is CCCC1CCC(c2cc(C)c(OCC(=O)OCC(=O)OC3(C)C4CC5CC(C4)CC3C5)c(C(c3cc(C4CCCCC4)c(O)cc3C)c3cc(C4CCCCC4)c(O)cc3C)c2)(c2cc(C)c(OCC(=O)OCC(=O)OC3(C)C4CC5CC(C4)CC3C5)c(C(c3cc(C4CCCCC4)c(O)cc3C)c3cc(C4CCCCC4)c(O)cc3C)c2)CC1. The minimum atomic E-state index is -0.723. The Morgan fingerprint density at radius 1 is 0.347 bits per heavy atom. The van der Waals surface area contributed by atoms with Crippen molar-refractivity contribution in [2.45, 2.75) is 346 Å². The van der Waals surface area contributed by atoms with Gasteiger partial charge in [0.05, 0.1) is 0 Å². The summed E-state index contributed by atoms with van der Waals surface area (Å²) in [6, 6.07) is 26.3. The summed E-state index contributed by atoms with van der Waals surface area (Å²) in [6.07, 6.45) is 37.4. The molecule has 6 aromatic carbocycles. The third-order valence-corrected chi connectivity index (χ3v) is 33.6. The molecule has 0 unspecified atom stereocenters. The monoisotopic (exact) mass is 1650 g/mol. The van der Waals surface area contributed by atoms with Crippen LogP contribution in [0.4, 0.5) is 0 Å². The summed E-state index contributed by atoms with van der Waals surface area (Å²) in [5.74, 6) is 3.53. The second-order valence-electron chi connectivity index (χ2n) is 41.3. The first-order chi connectivity index (χ1) is 58.3. The Morgan fingerprint density at radius 2 is 0.636 bits per heavy atom. The lowest BCUT2D eigenvalue weighted by molar-refractivity contribution is -0.207. The van der Waals surface area contributed by atoms with Crippen molar-refractivity contribution in [3.63, 3.8) is 0 Å². The van der Waals surface area contributed by atoms with Gasteiger partial charge in [-0.25, -0.2) is 19.2 Å². The number of benzene rings is 6. The van der Waals surface area contributed by atoms with E-state index in [1.54, 1.807) is 0 Å². The number of rotatable bonds is 26. The van der Waals surface area contributed by atoms with Crippen molar-refractivity contribution in [2.24, 2.45) is 53.3 Å². The van der Waals surface area contributed by atoms with Crippen LogP contribution >= 0.6 is 0 Å². The first-order valence-corrected chi connectivity index (χ1v) is 48.0. The number of ether oxygens (including phenoxy) is 6. The van der Waals surface area contributed by atoms with Crippen molar-refractivity contribution in [1.82, 2.24) is 0 Å². The zero-order valence-electron chi connectivity index (χ0n) is 74.2. The van der Waals surface area contributed by atoms with E-state index in [4.69, 9.17) is 28.4 Å². The Labute approximate surface area is 720 Å². The number of phenols is 4. The van der Waals surface area contributed by atoms with E-state index in [1.807, 2.05) is 24.3 Å². The number of hydrogen-bond acceptors (Lipinski definition) is 14. The summed E-state index contributed by atoms with van der Waals surface area (Å²) >= 11 is 0. The summed E-state index contributed by atoms with van der Waals surface area (Å²) in [5, 5.41) is 49.4. The van der Waals surface area contributed by atoms with Crippen LogP contribution in [-0.2, 0) is 43.5 Å². The van der Waals surface area contributed by atoms with Crippen LogP contribution in [0.5, 0.6) is 34.5 Å². The molecule has 0 spiro atoms. The Kier molecular flexibility index (Phi) is 25.0. The molecule has 0 aromatic heterocycles. The molecular formula is C107H138O14. The van der Waals surface area contributed by atoms with Gasteiger partial charge in [0, 0.05) is 28.4 Å². The number of hydrogen-bond donors (Lipinski definition) is 4. The largest absolute Gasteiger partial charge is 0.508 e. The maximum absolute atomic E-state index is 14.7. The van der Waals surface area contributed by atoms with Crippen LogP contribution < -0.4 is 9.47 Å². The van der Waals surface area contributed by atoms with Gasteiger partial charge in [-0.3, -0.25) is 0 Å². The Hall–Kier alpha value is -8.00. The van der Waals surface area contributed by atoms with Gasteiger partial charge in [0.25, 0.3) is 0 Å². The number of aryl methyl sites for hydroxylation is 6. The van der Waals surface area contributed by atoms with Gasteiger partial charge in [-0.1, -0.05) is 145 Å². The van der Waals surface area contributed by atoms with Crippen LogP contribution in [0, 0.1) is 94.8 Å². The Morgan fingerprint density at radius 3 is 0.917 bits per heavy atom. The van der Waals surface area contributed by atoms with E-state index >= 15 is 0 Å². The van der Waals surface area contributed by atoms with Gasteiger partial charge in [-0.05, 0) is 387 Å². The van der Waals surface area contributed by atoms with Crippen molar-refractivity contribution in [2.75, 3.05) is 26.4 Å². The van der Waals surface area contributed by atoms with Crippen molar-refractivity contribution in [1.29, 1.82) is 0 Å². The molecule has 13 fully saturated rings. The molecule has 6 aromatic rings. The second kappa shape index (κ2) is 35.6. The maximum Gasteiger partial charge on any atom is 0.344 e. The highest BCUT2D eigenvalue weighted by Gasteiger charge is 2.59. The number of carbonyl (C=O) groups is 4. The molecule has 13 aliphatic carbocycles. The lowest BCUT2D eigenvalue weighted by atomic mass is 9.50. The molecule has 8 bridgehead atoms. The second-order valence-corrected chi connectivity index (χ2v) is 41.3. The first kappa shape index (κ1) is 85.2. The van der Waals surface area contributed by atoms with Crippen LogP contribution in [0.25, 0.3) is 0 Å². The van der Waals surface area contributed by atoms with Gasteiger partial charge in [0.1, 0.15) is 45.7 Å². The van der Waals surface area contributed by atoms with Crippen LogP contribution in [0.2, 0.25) is 0 Å². The summed E-state index contributed by atoms with van der Waals surface area (Å²) in [4.78, 5) is 57.7. The lowest BCUT2D eigenvalue weighted by Gasteiger charge is -2.59. The fourth-order valence-electron chi connectivity index (χ4n) is 27.5. The third kappa shape index (κ3) is 17.2. The van der Waals surface area contributed by atoms with Crippen LogP contribution in [0.15, 0.2) is 72.8 Å². The van der Waals surface area contributed by atoms with Crippen molar-refractivity contribution in [3.05, 3.63) is 173 Å². The van der Waals surface area contributed by atoms with E-state index < -0.39 is 78.8 Å². The molecule has 19 rings (SSSR count).